The van der Waals surface area contributed by atoms with Crippen molar-refractivity contribution in [3.05, 3.63) is 101 Å². The average Bonchev–Trinajstić information content (AvgIpc) is 3.67. The van der Waals surface area contributed by atoms with E-state index in [-0.39, 0.29) is 36.6 Å². The van der Waals surface area contributed by atoms with Crippen LogP contribution >= 0.6 is 11.3 Å². The molecule has 3 aromatic carbocycles. The Bertz CT molecular complexity index is 2170. The zero-order valence-corrected chi connectivity index (χ0v) is 29.8. The number of rotatable bonds is 6. The van der Waals surface area contributed by atoms with Gasteiger partial charge >= 0.3 is 5.97 Å². The molecule has 10 heteroatoms. The maximum absolute atomic E-state index is 15.4. The summed E-state index contributed by atoms with van der Waals surface area (Å²) >= 11 is 1.43. The van der Waals surface area contributed by atoms with Gasteiger partial charge in [-0.15, -0.1) is 24.2 Å². The number of benzene rings is 3. The lowest BCUT2D eigenvalue weighted by molar-refractivity contribution is -0.136. The molecule has 1 aliphatic heterocycles. The first-order chi connectivity index (χ1) is 23.7. The fraction of sp³-hybridized carbons (Fsp3) is 0.250. The Hall–Kier alpha value is -5.37. The van der Waals surface area contributed by atoms with Crippen LogP contribution < -0.4 is 0 Å². The first kappa shape index (κ1) is 37.4. The fourth-order valence-electron chi connectivity index (χ4n) is 5.43. The van der Waals surface area contributed by atoms with E-state index in [1.165, 1.54) is 17.4 Å². The second-order valence-electron chi connectivity index (χ2n) is 12.6. The summed E-state index contributed by atoms with van der Waals surface area (Å²) in [4.78, 5) is 29.0. The van der Waals surface area contributed by atoms with Gasteiger partial charge in [-0.3, -0.25) is 14.3 Å². The molecule has 0 bridgehead atoms. The van der Waals surface area contributed by atoms with Crippen molar-refractivity contribution < 1.29 is 28.9 Å². The van der Waals surface area contributed by atoms with Crippen LogP contribution in [0.5, 0.6) is 0 Å². The van der Waals surface area contributed by atoms with Crippen LogP contribution in [0.2, 0.25) is 0 Å². The molecule has 0 radical (unpaired) electrons. The van der Waals surface area contributed by atoms with Gasteiger partial charge in [0, 0.05) is 24.4 Å². The summed E-state index contributed by atoms with van der Waals surface area (Å²) in [6, 6.07) is 16.2. The smallest absolute Gasteiger partial charge is 0.307 e. The molecule has 258 valence electrons. The number of halogens is 1. The minimum atomic E-state index is -0.989. The molecule has 2 aromatic heterocycles. The van der Waals surface area contributed by atoms with Crippen LogP contribution in [0.4, 0.5) is 4.39 Å². The molecule has 1 saturated heterocycles. The number of allylic oxidation sites excluding steroid dienone is 4. The van der Waals surface area contributed by atoms with E-state index in [2.05, 4.69) is 42.2 Å². The van der Waals surface area contributed by atoms with Crippen molar-refractivity contribution >= 4 is 50.3 Å². The zero-order valence-electron chi connectivity index (χ0n) is 29.0. The van der Waals surface area contributed by atoms with E-state index in [0.29, 0.717) is 16.6 Å². The van der Waals surface area contributed by atoms with Gasteiger partial charge in [-0.05, 0) is 92.8 Å². The number of aliphatic hydroxyl groups is 1. The molecule has 50 heavy (non-hydrogen) atoms. The summed E-state index contributed by atoms with van der Waals surface area (Å²) in [5, 5.41) is 24.3. The number of aliphatic carboxylic acids is 1. The highest BCUT2D eigenvalue weighted by Gasteiger charge is 2.24. The maximum atomic E-state index is 15.4. The number of carbonyl (C=O) groups excluding carboxylic acids is 1. The summed E-state index contributed by atoms with van der Waals surface area (Å²) in [5.74, 6) is -1.95. The molecule has 5 aromatic rings. The van der Waals surface area contributed by atoms with E-state index in [1.807, 2.05) is 49.1 Å². The van der Waals surface area contributed by atoms with Gasteiger partial charge < -0.3 is 14.9 Å². The van der Waals surface area contributed by atoms with Crippen molar-refractivity contribution in [3.8, 4) is 34.5 Å². The Kier molecular flexibility index (Phi) is 11.9. The van der Waals surface area contributed by atoms with Crippen LogP contribution in [0.25, 0.3) is 48.9 Å². The molecular weight excluding hydrogens is 654 g/mol. The van der Waals surface area contributed by atoms with Crippen LogP contribution in [0, 0.1) is 19.8 Å². The first-order valence-electron chi connectivity index (χ1n) is 15.9. The molecule has 1 aliphatic rings. The van der Waals surface area contributed by atoms with Crippen LogP contribution in [0.3, 0.4) is 0 Å². The maximum Gasteiger partial charge on any atom is 0.307 e. The largest absolute Gasteiger partial charge is 0.489 e. The minimum absolute atomic E-state index is 0.0926. The topological polar surface area (TPSA) is 115 Å². The molecule has 0 unspecified atom stereocenters. The molecule has 2 N–H and O–H groups in total. The monoisotopic (exact) mass is 693 g/mol. The number of ether oxygens (including phenoxy) is 1. The van der Waals surface area contributed by atoms with E-state index in [1.54, 1.807) is 39.8 Å². The highest BCUT2D eigenvalue weighted by molar-refractivity contribution is 7.22. The van der Waals surface area contributed by atoms with Crippen molar-refractivity contribution in [2.45, 2.75) is 53.1 Å². The number of aryl methyl sites for hydroxylation is 2. The molecule has 6 rings (SSSR count). The number of nitrogens with zero attached hydrogens (tertiary/aromatic N) is 3. The number of hydrogen-bond donors (Lipinski definition) is 2. The number of fused-ring (bicyclic) bond motifs is 2. The van der Waals surface area contributed by atoms with Crippen LogP contribution in [0.15, 0.2) is 84.0 Å². The Labute approximate surface area is 295 Å². The van der Waals surface area contributed by atoms with Crippen molar-refractivity contribution in [2.75, 3.05) is 6.61 Å². The van der Waals surface area contributed by atoms with Crippen LogP contribution in [-0.4, -0.2) is 48.9 Å². The molecule has 1 fully saturated rings. The van der Waals surface area contributed by atoms with Crippen molar-refractivity contribution in [3.63, 3.8) is 0 Å². The second kappa shape index (κ2) is 15.9. The predicted octanol–water partition coefficient (Wildman–Crippen LogP) is 8.61. The molecule has 0 spiro atoms. The molecule has 0 saturated carbocycles. The van der Waals surface area contributed by atoms with Crippen molar-refractivity contribution in [1.29, 1.82) is 0 Å². The molecular formula is C40H40FN3O5S. The van der Waals surface area contributed by atoms with Crippen LogP contribution in [-0.2, 0) is 27.8 Å². The lowest BCUT2D eigenvalue weighted by atomic mass is 9.97. The van der Waals surface area contributed by atoms with E-state index >= 15 is 4.39 Å². The van der Waals surface area contributed by atoms with Crippen molar-refractivity contribution in [2.24, 2.45) is 7.05 Å². The van der Waals surface area contributed by atoms with E-state index in [4.69, 9.17) is 14.8 Å². The number of Topliss-reactive ketones (excluding diaryl/α,β-unsaturated/α-hetero) is 1. The highest BCUT2D eigenvalue weighted by Crippen LogP contribution is 2.38. The van der Waals surface area contributed by atoms with Gasteiger partial charge in [0.2, 0.25) is 0 Å². The predicted molar refractivity (Wildman–Crippen MR) is 199 cm³/mol. The third-order valence-electron chi connectivity index (χ3n) is 7.59. The molecule has 8 nitrogen and oxygen atoms in total. The highest BCUT2D eigenvalue weighted by atomic mass is 32.1. The third-order valence-corrected chi connectivity index (χ3v) is 8.75. The summed E-state index contributed by atoms with van der Waals surface area (Å²) in [7, 11) is 1.91. The Morgan fingerprint density at radius 3 is 2.48 bits per heavy atom. The lowest BCUT2D eigenvalue weighted by Crippen LogP contribution is -2.17. The standard InChI is InChI=1S/C34H28FN3O4S.C4H10O.C2H2/c1-4-24-30(39)12-13-42-32(24)27(35)10-9-25-26(17-31(40)41)19(2)14-28-33(25)43-34(37-28)22-7-5-6-20(15-22)21-8-11-29-23(16-21)18-36-38(29)3;1-4(2,3)5;1-2/h4-11,14-16,18H,12-13,17H2,1-3H3,(H,40,41);5H,1-3H3;1-2H/b10-9+,24-4+,32-27-;;. The normalized spacial score (nSPS) is 15.0. The van der Waals surface area contributed by atoms with E-state index in [9.17, 15) is 14.7 Å². The second-order valence-corrected chi connectivity index (χ2v) is 13.6. The lowest BCUT2D eigenvalue weighted by Gasteiger charge is -2.18. The quantitative estimate of drug-likeness (QED) is 0.135. The number of hydrogen-bond acceptors (Lipinski definition) is 7. The number of terminal acetylenes is 1. The number of thiazole rings is 1. The number of ketones is 1. The Balaban J connectivity index is 0.000000738. The molecule has 0 atom stereocenters. The van der Waals surface area contributed by atoms with Gasteiger partial charge in [-0.25, -0.2) is 9.37 Å². The first-order valence-corrected chi connectivity index (χ1v) is 16.7. The minimum Gasteiger partial charge on any atom is -0.489 e. The van der Waals surface area contributed by atoms with Gasteiger partial charge in [0.1, 0.15) is 5.01 Å². The fourth-order valence-corrected chi connectivity index (χ4v) is 6.52. The van der Waals surface area contributed by atoms with Crippen molar-refractivity contribution in [1.82, 2.24) is 14.8 Å². The molecule has 0 amide bonds. The summed E-state index contributed by atoms with van der Waals surface area (Å²) in [6.07, 6.45) is 14.2. The van der Waals surface area contributed by atoms with Gasteiger partial charge in [0.05, 0.1) is 46.1 Å². The summed E-state index contributed by atoms with van der Waals surface area (Å²) < 4.78 is 23.5. The number of carboxylic acid groups (broad SMARTS) is 1. The zero-order chi connectivity index (χ0) is 36.7. The summed E-state index contributed by atoms with van der Waals surface area (Å²) in [6.45, 7) is 8.84. The van der Waals surface area contributed by atoms with Crippen LogP contribution in [0.1, 0.15) is 50.8 Å². The Morgan fingerprint density at radius 2 is 1.80 bits per heavy atom. The summed E-state index contributed by atoms with van der Waals surface area (Å²) in [5.41, 5.74) is 6.36. The van der Waals surface area contributed by atoms with Gasteiger partial charge in [0.25, 0.3) is 0 Å². The SMILES string of the molecule is C#C.CC(C)(C)O.C\C=C1/C(=O)CCO/C1=C(F)/C=C/c1c(CC(=O)O)c(C)cc2nc(-c3cccc(-c4ccc5c(cnn5C)c4)c3)sc12. The van der Waals surface area contributed by atoms with Gasteiger partial charge in [0.15, 0.2) is 17.4 Å². The molecule has 0 aliphatic carbocycles. The number of aromatic nitrogens is 3. The van der Waals surface area contributed by atoms with E-state index < -0.39 is 17.4 Å². The van der Waals surface area contributed by atoms with Gasteiger partial charge in [-0.2, -0.15) is 5.10 Å². The number of carboxylic acids is 1. The average molecular weight is 694 g/mol. The van der Waals surface area contributed by atoms with Gasteiger partial charge in [-0.1, -0.05) is 36.4 Å². The third kappa shape index (κ3) is 8.80. The van der Waals surface area contributed by atoms with E-state index in [0.717, 1.165) is 42.9 Å². The number of carbonyl (C=O) groups is 2. The Morgan fingerprint density at radius 1 is 1.12 bits per heavy atom. The molecule has 3 heterocycles.